The number of carbonyl (C=O) groups excluding carboxylic acids is 2. The number of carbonyl (C=O) groups is 2. The van der Waals surface area contributed by atoms with E-state index in [-0.39, 0.29) is 18.0 Å². The number of halogens is 1. The van der Waals surface area contributed by atoms with Gasteiger partial charge in [0.05, 0.1) is 7.11 Å². The first-order valence-corrected chi connectivity index (χ1v) is 8.52. The molecule has 0 bridgehead atoms. The van der Waals surface area contributed by atoms with Crippen LogP contribution in [0.5, 0.6) is 11.5 Å². The summed E-state index contributed by atoms with van der Waals surface area (Å²) < 4.78 is 34.8. The third-order valence-electron chi connectivity index (χ3n) is 3.96. The molecule has 0 aliphatic carbocycles. The van der Waals surface area contributed by atoms with Gasteiger partial charge in [0, 0.05) is 19.4 Å². The lowest BCUT2D eigenvalue weighted by Crippen LogP contribution is -2.41. The van der Waals surface area contributed by atoms with Gasteiger partial charge in [-0.15, -0.1) is 0 Å². The lowest BCUT2D eigenvalue weighted by molar-refractivity contribution is -0.222. The molecule has 0 saturated carbocycles. The number of benzene rings is 2. The van der Waals surface area contributed by atoms with Crippen molar-refractivity contribution in [1.82, 2.24) is 0 Å². The van der Waals surface area contributed by atoms with E-state index in [0.717, 1.165) is 0 Å². The molecule has 6 nitrogen and oxygen atoms in total. The minimum Gasteiger partial charge on any atom is -0.493 e. The molecule has 1 aliphatic rings. The molecule has 0 atom stereocenters. The molecule has 7 heteroatoms. The molecule has 2 aromatic carbocycles. The topological polar surface area (TPSA) is 71.1 Å². The van der Waals surface area contributed by atoms with Crippen molar-refractivity contribution in [3.05, 3.63) is 65.0 Å². The van der Waals surface area contributed by atoms with Crippen LogP contribution in [-0.4, -0.2) is 24.8 Å². The van der Waals surface area contributed by atoms with Gasteiger partial charge in [-0.1, -0.05) is 24.3 Å². The van der Waals surface area contributed by atoms with Gasteiger partial charge in [0.25, 0.3) is 5.79 Å². The Balaban J connectivity index is 1.80. The second kappa shape index (κ2) is 7.72. The van der Waals surface area contributed by atoms with E-state index < -0.39 is 17.7 Å². The van der Waals surface area contributed by atoms with Crippen LogP contribution in [0.1, 0.15) is 25.0 Å². The summed E-state index contributed by atoms with van der Waals surface area (Å²) in [6, 6.07) is 11.1. The van der Waals surface area contributed by atoms with Gasteiger partial charge in [-0.25, -0.2) is 14.0 Å². The number of cyclic esters (lactones) is 2. The van der Waals surface area contributed by atoms with Crippen LogP contribution in [0, 0.1) is 5.82 Å². The Bertz CT molecular complexity index is 926. The smallest absolute Gasteiger partial charge is 0.348 e. The molecule has 0 aromatic heterocycles. The minimum atomic E-state index is -1.30. The molecule has 0 N–H and O–H groups in total. The van der Waals surface area contributed by atoms with Crippen molar-refractivity contribution in [2.24, 2.45) is 0 Å². The Hall–Kier alpha value is -3.35. The highest BCUT2D eigenvalue weighted by Gasteiger charge is 2.38. The van der Waals surface area contributed by atoms with Gasteiger partial charge in [0.15, 0.2) is 11.5 Å². The molecule has 1 fully saturated rings. The zero-order valence-electron chi connectivity index (χ0n) is 15.7. The lowest BCUT2D eigenvalue weighted by Gasteiger charge is -2.29. The Kier molecular flexibility index (Phi) is 5.35. The lowest BCUT2D eigenvalue weighted by atomic mass is 10.1. The van der Waals surface area contributed by atoms with Gasteiger partial charge in [0.2, 0.25) is 0 Å². The summed E-state index contributed by atoms with van der Waals surface area (Å²) in [5.41, 5.74) is 0.700. The molecular formula is C21H19FO6. The summed E-state index contributed by atoms with van der Waals surface area (Å²) in [5.74, 6) is -2.43. The summed E-state index contributed by atoms with van der Waals surface area (Å²) in [5, 5.41) is 0. The molecule has 28 heavy (non-hydrogen) atoms. The Morgan fingerprint density at radius 3 is 2.36 bits per heavy atom. The third kappa shape index (κ3) is 4.31. The molecule has 1 saturated heterocycles. The van der Waals surface area contributed by atoms with Gasteiger partial charge in [0.1, 0.15) is 18.0 Å². The van der Waals surface area contributed by atoms with Crippen LogP contribution < -0.4 is 9.47 Å². The molecular weight excluding hydrogens is 367 g/mol. The molecule has 1 aliphatic heterocycles. The molecule has 146 valence electrons. The molecule has 0 amide bonds. The predicted molar refractivity (Wildman–Crippen MR) is 98.0 cm³/mol. The number of methoxy groups -OCH3 is 1. The standard InChI is InChI=1S/C21H19FO6/c1-21(2)27-19(23)15(20(24)28-21)10-13-8-9-17(18(11-13)25-3)26-12-14-6-4-5-7-16(14)22/h4-11H,12H2,1-3H3. The average molecular weight is 386 g/mol. The quantitative estimate of drug-likeness (QED) is 0.444. The predicted octanol–water partition coefficient (Wildman–Crippen LogP) is 3.63. The van der Waals surface area contributed by atoms with Crippen LogP contribution in [0.15, 0.2) is 48.0 Å². The first kappa shape index (κ1) is 19.4. The van der Waals surface area contributed by atoms with Crippen LogP contribution in [0.2, 0.25) is 0 Å². The summed E-state index contributed by atoms with van der Waals surface area (Å²) >= 11 is 0. The highest BCUT2D eigenvalue weighted by molar-refractivity contribution is 6.18. The summed E-state index contributed by atoms with van der Waals surface area (Å²) in [7, 11) is 1.45. The second-order valence-corrected chi connectivity index (χ2v) is 6.53. The van der Waals surface area contributed by atoms with Crippen LogP contribution >= 0.6 is 0 Å². The van der Waals surface area contributed by atoms with Gasteiger partial charge in [-0.3, -0.25) is 0 Å². The maximum absolute atomic E-state index is 13.7. The zero-order chi connectivity index (χ0) is 20.3. The van der Waals surface area contributed by atoms with Crippen molar-refractivity contribution in [1.29, 1.82) is 0 Å². The van der Waals surface area contributed by atoms with Gasteiger partial charge in [-0.2, -0.15) is 0 Å². The largest absolute Gasteiger partial charge is 0.493 e. The second-order valence-electron chi connectivity index (χ2n) is 6.53. The molecule has 2 aromatic rings. The Morgan fingerprint density at radius 2 is 1.71 bits per heavy atom. The maximum atomic E-state index is 13.7. The van der Waals surface area contributed by atoms with Gasteiger partial charge >= 0.3 is 11.9 Å². The zero-order valence-corrected chi connectivity index (χ0v) is 15.7. The molecule has 3 rings (SSSR count). The van der Waals surface area contributed by atoms with Crippen molar-refractivity contribution in [2.75, 3.05) is 7.11 Å². The fourth-order valence-corrected chi connectivity index (χ4v) is 2.61. The van der Waals surface area contributed by atoms with Gasteiger partial charge < -0.3 is 18.9 Å². The van der Waals surface area contributed by atoms with Crippen molar-refractivity contribution >= 4 is 18.0 Å². The van der Waals surface area contributed by atoms with Crippen molar-refractivity contribution in [3.8, 4) is 11.5 Å². The van der Waals surface area contributed by atoms with Crippen molar-refractivity contribution < 1.29 is 32.9 Å². The highest BCUT2D eigenvalue weighted by Crippen LogP contribution is 2.31. The molecule has 0 radical (unpaired) electrons. The van der Waals surface area contributed by atoms with Crippen LogP contribution in [0.4, 0.5) is 4.39 Å². The Labute approximate surface area is 161 Å². The summed E-state index contributed by atoms with van der Waals surface area (Å²) in [4.78, 5) is 24.1. The number of rotatable bonds is 5. The van der Waals surface area contributed by atoms with E-state index in [2.05, 4.69) is 0 Å². The number of hydrogen-bond donors (Lipinski definition) is 0. The van der Waals surface area contributed by atoms with E-state index in [1.807, 2.05) is 0 Å². The fraction of sp³-hybridized carbons (Fsp3) is 0.238. The van der Waals surface area contributed by atoms with E-state index in [0.29, 0.717) is 22.6 Å². The van der Waals surface area contributed by atoms with Crippen molar-refractivity contribution in [3.63, 3.8) is 0 Å². The molecule has 0 spiro atoms. The highest BCUT2D eigenvalue weighted by atomic mass is 19.1. The third-order valence-corrected chi connectivity index (χ3v) is 3.96. The number of esters is 2. The van der Waals surface area contributed by atoms with E-state index in [9.17, 15) is 14.0 Å². The Morgan fingerprint density at radius 1 is 1.04 bits per heavy atom. The van der Waals surface area contributed by atoms with E-state index >= 15 is 0 Å². The first-order valence-electron chi connectivity index (χ1n) is 8.52. The van der Waals surface area contributed by atoms with Crippen LogP contribution in [0.25, 0.3) is 6.08 Å². The monoisotopic (exact) mass is 386 g/mol. The van der Waals surface area contributed by atoms with E-state index in [4.69, 9.17) is 18.9 Å². The molecule has 0 unspecified atom stereocenters. The molecule has 1 heterocycles. The summed E-state index contributed by atoms with van der Waals surface area (Å²) in [6.45, 7) is 2.98. The normalized spacial score (nSPS) is 15.5. The number of hydrogen-bond acceptors (Lipinski definition) is 6. The van der Waals surface area contributed by atoms with E-state index in [1.54, 1.807) is 36.4 Å². The maximum Gasteiger partial charge on any atom is 0.348 e. The van der Waals surface area contributed by atoms with E-state index in [1.165, 1.54) is 33.1 Å². The first-order chi connectivity index (χ1) is 13.3. The van der Waals surface area contributed by atoms with Crippen LogP contribution in [-0.2, 0) is 25.7 Å². The van der Waals surface area contributed by atoms with Crippen LogP contribution in [0.3, 0.4) is 0 Å². The minimum absolute atomic E-state index is 0.0250. The fourth-order valence-electron chi connectivity index (χ4n) is 2.61. The number of ether oxygens (including phenoxy) is 4. The average Bonchev–Trinajstić information content (AvgIpc) is 2.63. The van der Waals surface area contributed by atoms with Crippen molar-refractivity contribution in [2.45, 2.75) is 26.2 Å². The SMILES string of the molecule is COc1cc(C=C2C(=O)OC(C)(C)OC2=O)ccc1OCc1ccccc1F. The summed E-state index contributed by atoms with van der Waals surface area (Å²) in [6.07, 6.45) is 1.35. The van der Waals surface area contributed by atoms with Gasteiger partial charge in [-0.05, 0) is 29.8 Å².